The smallest absolute Gasteiger partial charge is 0.252 e. The van der Waals surface area contributed by atoms with Crippen LogP contribution in [0.4, 0.5) is 11.5 Å². The number of carbonyl (C=O) groups is 1. The number of benzene rings is 2. The molecule has 1 aromatic heterocycles. The fraction of sp³-hybridized carbons (Fsp3) is 0.136. The topological polar surface area (TPSA) is 87.0 Å². The third-order valence-corrected chi connectivity index (χ3v) is 4.17. The van der Waals surface area contributed by atoms with Gasteiger partial charge in [-0.15, -0.1) is 0 Å². The van der Waals surface area contributed by atoms with Crippen molar-refractivity contribution in [1.82, 2.24) is 10.3 Å². The van der Waals surface area contributed by atoms with Crippen LogP contribution in [0.2, 0.25) is 0 Å². The standard InChI is InChI=1S/C22H20N4O2/c1-28-19-7-4-5-16(13-19)11-12-24-22(27)18-9-10-21(25-15-18)26-20-8-3-2-6-17(20)14-23/h2-10,13,15H,11-12H2,1H3,(H,24,27)(H,25,26). The Morgan fingerprint density at radius 3 is 2.75 bits per heavy atom. The van der Waals surface area contributed by atoms with Gasteiger partial charge in [0.05, 0.1) is 23.9 Å². The Bertz CT molecular complexity index is 994. The molecule has 0 saturated heterocycles. The average Bonchev–Trinajstić information content (AvgIpc) is 2.74. The first-order valence-electron chi connectivity index (χ1n) is 8.83. The minimum Gasteiger partial charge on any atom is -0.497 e. The number of rotatable bonds is 7. The van der Waals surface area contributed by atoms with Crippen LogP contribution in [0.1, 0.15) is 21.5 Å². The van der Waals surface area contributed by atoms with Crippen molar-refractivity contribution in [1.29, 1.82) is 5.26 Å². The van der Waals surface area contributed by atoms with Gasteiger partial charge in [0.2, 0.25) is 0 Å². The molecule has 0 radical (unpaired) electrons. The van der Waals surface area contributed by atoms with Crippen molar-refractivity contribution >= 4 is 17.4 Å². The number of para-hydroxylation sites is 1. The van der Waals surface area contributed by atoms with Crippen molar-refractivity contribution in [2.75, 3.05) is 19.0 Å². The molecule has 28 heavy (non-hydrogen) atoms. The molecule has 2 N–H and O–H groups in total. The van der Waals surface area contributed by atoms with Crippen LogP contribution >= 0.6 is 0 Å². The zero-order chi connectivity index (χ0) is 19.8. The Morgan fingerprint density at radius 2 is 2.00 bits per heavy atom. The van der Waals surface area contributed by atoms with Gasteiger partial charge in [0, 0.05) is 12.7 Å². The first-order valence-corrected chi connectivity index (χ1v) is 8.83. The maximum absolute atomic E-state index is 12.3. The number of nitriles is 1. The summed E-state index contributed by atoms with van der Waals surface area (Å²) in [5, 5.41) is 15.1. The summed E-state index contributed by atoms with van der Waals surface area (Å²) in [7, 11) is 1.63. The average molecular weight is 372 g/mol. The van der Waals surface area contributed by atoms with Crippen LogP contribution in [0.5, 0.6) is 5.75 Å². The number of hydrogen-bond acceptors (Lipinski definition) is 5. The Hall–Kier alpha value is -3.85. The number of pyridine rings is 1. The van der Waals surface area contributed by atoms with Crippen LogP contribution in [0.3, 0.4) is 0 Å². The highest BCUT2D eigenvalue weighted by Gasteiger charge is 2.07. The van der Waals surface area contributed by atoms with Crippen LogP contribution in [-0.4, -0.2) is 24.5 Å². The van der Waals surface area contributed by atoms with Gasteiger partial charge < -0.3 is 15.4 Å². The van der Waals surface area contributed by atoms with E-state index in [1.807, 2.05) is 30.3 Å². The van der Waals surface area contributed by atoms with Crippen LogP contribution in [0.15, 0.2) is 66.9 Å². The van der Waals surface area contributed by atoms with Crippen LogP contribution in [0.25, 0.3) is 0 Å². The monoisotopic (exact) mass is 372 g/mol. The molecule has 6 heteroatoms. The van der Waals surface area contributed by atoms with Crippen molar-refractivity contribution in [2.24, 2.45) is 0 Å². The molecule has 2 aromatic carbocycles. The summed E-state index contributed by atoms with van der Waals surface area (Å²) in [5.41, 5.74) is 2.77. The maximum atomic E-state index is 12.3. The van der Waals surface area contributed by atoms with Gasteiger partial charge in [-0.05, 0) is 48.4 Å². The fourth-order valence-electron chi connectivity index (χ4n) is 2.68. The number of amides is 1. The highest BCUT2D eigenvalue weighted by atomic mass is 16.5. The summed E-state index contributed by atoms with van der Waals surface area (Å²) in [5.74, 6) is 1.18. The third kappa shape index (κ3) is 4.86. The van der Waals surface area contributed by atoms with E-state index in [9.17, 15) is 4.79 Å². The van der Waals surface area contributed by atoms with Crippen LogP contribution < -0.4 is 15.4 Å². The molecule has 0 atom stereocenters. The summed E-state index contributed by atoms with van der Waals surface area (Å²) in [6.45, 7) is 0.515. The lowest BCUT2D eigenvalue weighted by Gasteiger charge is -2.09. The lowest BCUT2D eigenvalue weighted by Crippen LogP contribution is -2.25. The summed E-state index contributed by atoms with van der Waals surface area (Å²) >= 11 is 0. The summed E-state index contributed by atoms with van der Waals surface area (Å²) in [6, 6.07) is 20.5. The molecular formula is C22H20N4O2. The molecule has 0 saturated carbocycles. The van der Waals surface area contributed by atoms with Gasteiger partial charge in [-0.2, -0.15) is 5.26 Å². The van der Waals surface area contributed by atoms with Gasteiger partial charge in [-0.1, -0.05) is 24.3 Å². The van der Waals surface area contributed by atoms with E-state index in [4.69, 9.17) is 10.00 Å². The second kappa shape index (κ2) is 9.19. The Kier molecular flexibility index (Phi) is 6.21. The Morgan fingerprint density at radius 1 is 1.14 bits per heavy atom. The van der Waals surface area contributed by atoms with Gasteiger partial charge in [-0.25, -0.2) is 4.98 Å². The summed E-state index contributed by atoms with van der Waals surface area (Å²) < 4.78 is 5.20. The Balaban J connectivity index is 1.55. The zero-order valence-electron chi connectivity index (χ0n) is 15.5. The largest absolute Gasteiger partial charge is 0.497 e. The van der Waals surface area contributed by atoms with E-state index in [0.29, 0.717) is 35.6 Å². The number of nitrogens with one attached hydrogen (secondary N) is 2. The molecule has 6 nitrogen and oxygen atoms in total. The van der Waals surface area contributed by atoms with Gasteiger partial charge >= 0.3 is 0 Å². The van der Waals surface area contributed by atoms with E-state index in [-0.39, 0.29) is 5.91 Å². The molecule has 0 aliphatic rings. The maximum Gasteiger partial charge on any atom is 0.252 e. The molecule has 3 rings (SSSR count). The van der Waals surface area contributed by atoms with E-state index in [1.165, 1.54) is 6.20 Å². The van der Waals surface area contributed by atoms with E-state index < -0.39 is 0 Å². The molecule has 140 valence electrons. The molecule has 0 aliphatic heterocycles. The van der Waals surface area contributed by atoms with Crippen molar-refractivity contribution in [3.8, 4) is 11.8 Å². The van der Waals surface area contributed by atoms with Crippen molar-refractivity contribution in [2.45, 2.75) is 6.42 Å². The molecule has 0 aliphatic carbocycles. The number of aromatic nitrogens is 1. The lowest BCUT2D eigenvalue weighted by molar-refractivity contribution is 0.0954. The van der Waals surface area contributed by atoms with Gasteiger partial charge in [0.25, 0.3) is 5.91 Å². The van der Waals surface area contributed by atoms with Crippen molar-refractivity contribution < 1.29 is 9.53 Å². The van der Waals surface area contributed by atoms with Crippen LogP contribution in [-0.2, 0) is 6.42 Å². The SMILES string of the molecule is COc1cccc(CCNC(=O)c2ccc(Nc3ccccc3C#N)nc2)c1. The molecule has 0 fully saturated rings. The van der Waals surface area contributed by atoms with Crippen molar-refractivity contribution in [3.63, 3.8) is 0 Å². The van der Waals surface area contributed by atoms with E-state index >= 15 is 0 Å². The molecule has 3 aromatic rings. The molecule has 1 heterocycles. The number of carbonyl (C=O) groups excluding carboxylic acids is 1. The molecule has 1 amide bonds. The van der Waals surface area contributed by atoms with E-state index in [2.05, 4.69) is 21.7 Å². The van der Waals surface area contributed by atoms with Crippen LogP contribution in [0, 0.1) is 11.3 Å². The Labute approximate surface area is 163 Å². The number of hydrogen-bond donors (Lipinski definition) is 2. The second-order valence-corrected chi connectivity index (χ2v) is 6.07. The first-order chi connectivity index (χ1) is 13.7. The number of anilines is 2. The van der Waals surface area contributed by atoms with Gasteiger partial charge in [-0.3, -0.25) is 4.79 Å². The summed E-state index contributed by atoms with van der Waals surface area (Å²) in [4.78, 5) is 16.6. The fourth-order valence-corrected chi connectivity index (χ4v) is 2.68. The molecule has 0 spiro atoms. The number of ether oxygens (including phenoxy) is 1. The first kappa shape index (κ1) is 18.9. The van der Waals surface area contributed by atoms with E-state index in [1.54, 1.807) is 37.4 Å². The minimum absolute atomic E-state index is 0.181. The lowest BCUT2D eigenvalue weighted by atomic mass is 10.1. The quantitative estimate of drug-likeness (QED) is 0.661. The molecule has 0 unspecified atom stereocenters. The minimum atomic E-state index is -0.181. The third-order valence-electron chi connectivity index (χ3n) is 4.17. The second-order valence-electron chi connectivity index (χ2n) is 6.07. The predicted octanol–water partition coefficient (Wildman–Crippen LogP) is 3.68. The van der Waals surface area contributed by atoms with Crippen molar-refractivity contribution in [3.05, 3.63) is 83.6 Å². The predicted molar refractivity (Wildman–Crippen MR) is 108 cm³/mol. The van der Waals surface area contributed by atoms with Gasteiger partial charge in [0.1, 0.15) is 17.6 Å². The highest BCUT2D eigenvalue weighted by molar-refractivity contribution is 5.94. The number of nitrogens with zero attached hydrogens (tertiary/aromatic N) is 2. The summed E-state index contributed by atoms with van der Waals surface area (Å²) in [6.07, 6.45) is 2.22. The van der Waals surface area contributed by atoms with Gasteiger partial charge in [0.15, 0.2) is 0 Å². The highest BCUT2D eigenvalue weighted by Crippen LogP contribution is 2.18. The van der Waals surface area contributed by atoms with E-state index in [0.717, 1.165) is 11.3 Å². The zero-order valence-corrected chi connectivity index (χ0v) is 15.5. The molecular weight excluding hydrogens is 352 g/mol. The normalized spacial score (nSPS) is 10.0. The molecule has 0 bridgehead atoms. The number of methoxy groups -OCH3 is 1.